The molecule has 1 atom stereocenters. The molecular weight excluding hydrogens is 434 g/mol. The Hall–Kier alpha value is -2.77. The fourth-order valence-corrected chi connectivity index (χ4v) is 4.93. The molecule has 2 N–H and O–H groups in total. The van der Waals surface area contributed by atoms with Crippen molar-refractivity contribution in [2.45, 2.75) is 44.2 Å². The van der Waals surface area contributed by atoms with Crippen LogP contribution in [0.2, 0.25) is 0 Å². The zero-order valence-electron chi connectivity index (χ0n) is 19.2. The minimum atomic E-state index is -0.0629. The van der Waals surface area contributed by atoms with Gasteiger partial charge in [-0.1, -0.05) is 24.3 Å². The number of benzene rings is 2. The van der Waals surface area contributed by atoms with E-state index in [0.29, 0.717) is 31.0 Å². The van der Waals surface area contributed by atoms with Gasteiger partial charge in [-0.25, -0.2) is 0 Å². The Morgan fingerprint density at radius 3 is 2.76 bits per heavy atom. The maximum absolute atomic E-state index is 12.5. The second kappa shape index (κ2) is 10.9. The molecule has 33 heavy (non-hydrogen) atoms. The number of aryl methyl sites for hydroxylation is 2. The summed E-state index contributed by atoms with van der Waals surface area (Å²) in [5.74, 6) is 0.324. The third-order valence-corrected chi connectivity index (χ3v) is 7.11. The number of hydrogen-bond acceptors (Lipinski definition) is 4. The van der Waals surface area contributed by atoms with Crippen LogP contribution >= 0.6 is 11.8 Å². The second-order valence-electron chi connectivity index (χ2n) is 8.49. The SMILES string of the molecule is Cc1ccc(C(=O)NCCn2cc(SCC(=O)NC[C@@H]3CCCO3)c3ccccc32)cc1C. The van der Waals surface area contributed by atoms with Crippen molar-refractivity contribution in [3.63, 3.8) is 0 Å². The highest BCUT2D eigenvalue weighted by Gasteiger charge is 2.17. The van der Waals surface area contributed by atoms with Crippen LogP contribution in [-0.2, 0) is 16.1 Å². The van der Waals surface area contributed by atoms with Crippen LogP contribution in [-0.4, -0.2) is 47.9 Å². The number of rotatable bonds is 9. The zero-order valence-corrected chi connectivity index (χ0v) is 20.0. The van der Waals surface area contributed by atoms with Crippen molar-refractivity contribution in [1.29, 1.82) is 0 Å². The molecule has 1 aliphatic heterocycles. The molecule has 2 amide bonds. The number of carbonyl (C=O) groups is 2. The Balaban J connectivity index is 1.33. The minimum absolute atomic E-state index is 0.0213. The number of thioether (sulfide) groups is 1. The number of amides is 2. The lowest BCUT2D eigenvalue weighted by Crippen LogP contribution is -2.32. The summed E-state index contributed by atoms with van der Waals surface area (Å²) in [7, 11) is 0. The summed E-state index contributed by atoms with van der Waals surface area (Å²) in [5, 5.41) is 7.12. The fourth-order valence-electron chi connectivity index (χ4n) is 4.02. The van der Waals surface area contributed by atoms with Crippen LogP contribution in [0.3, 0.4) is 0 Å². The summed E-state index contributed by atoms with van der Waals surface area (Å²) < 4.78 is 7.71. The van der Waals surface area contributed by atoms with Gasteiger partial charge in [0.25, 0.3) is 5.91 Å². The van der Waals surface area contributed by atoms with Gasteiger partial charge in [-0.3, -0.25) is 9.59 Å². The van der Waals surface area contributed by atoms with Gasteiger partial charge < -0.3 is 19.9 Å². The Bertz CT molecular complexity index is 1140. The molecule has 1 aliphatic rings. The molecule has 7 heteroatoms. The first kappa shape index (κ1) is 23.4. The second-order valence-corrected chi connectivity index (χ2v) is 9.50. The van der Waals surface area contributed by atoms with Crippen LogP contribution in [0.1, 0.15) is 34.3 Å². The molecule has 2 heterocycles. The van der Waals surface area contributed by atoms with E-state index in [2.05, 4.69) is 33.5 Å². The summed E-state index contributed by atoms with van der Waals surface area (Å²) in [5.41, 5.74) is 4.07. The van der Waals surface area contributed by atoms with Gasteiger partial charge in [0.2, 0.25) is 5.91 Å². The number of nitrogens with zero attached hydrogens (tertiary/aromatic N) is 1. The first-order chi connectivity index (χ1) is 16.0. The van der Waals surface area contributed by atoms with Crippen molar-refractivity contribution in [3.8, 4) is 0 Å². The topological polar surface area (TPSA) is 72.4 Å². The monoisotopic (exact) mass is 465 g/mol. The highest BCUT2D eigenvalue weighted by atomic mass is 32.2. The zero-order chi connectivity index (χ0) is 23.2. The summed E-state index contributed by atoms with van der Waals surface area (Å²) in [6.07, 6.45) is 4.31. The maximum atomic E-state index is 12.5. The summed E-state index contributed by atoms with van der Waals surface area (Å²) >= 11 is 1.54. The van der Waals surface area contributed by atoms with Gasteiger partial charge in [-0.05, 0) is 56.0 Å². The number of ether oxygens (including phenoxy) is 1. The summed E-state index contributed by atoms with van der Waals surface area (Å²) in [6.45, 7) is 6.61. The van der Waals surface area contributed by atoms with Crippen LogP contribution < -0.4 is 10.6 Å². The molecule has 0 radical (unpaired) electrons. The van der Waals surface area contributed by atoms with E-state index in [1.807, 2.05) is 44.2 Å². The van der Waals surface area contributed by atoms with Gasteiger partial charge in [0.15, 0.2) is 0 Å². The van der Waals surface area contributed by atoms with E-state index in [1.54, 1.807) is 0 Å². The predicted octanol–water partition coefficient (Wildman–Crippen LogP) is 4.08. The Labute approximate surface area is 199 Å². The number of nitrogens with one attached hydrogen (secondary N) is 2. The number of hydrogen-bond donors (Lipinski definition) is 2. The number of aromatic nitrogens is 1. The molecule has 0 spiro atoms. The van der Waals surface area contributed by atoms with Gasteiger partial charge in [0.1, 0.15) is 0 Å². The lowest BCUT2D eigenvalue weighted by atomic mass is 10.1. The molecule has 0 bridgehead atoms. The van der Waals surface area contributed by atoms with Crippen LogP contribution in [0, 0.1) is 13.8 Å². The van der Waals surface area contributed by atoms with Crippen LogP contribution in [0.25, 0.3) is 10.9 Å². The quantitative estimate of drug-likeness (QED) is 0.467. The van der Waals surface area contributed by atoms with Crippen LogP contribution in [0.5, 0.6) is 0 Å². The van der Waals surface area contributed by atoms with Crippen molar-refractivity contribution in [2.75, 3.05) is 25.4 Å². The van der Waals surface area contributed by atoms with E-state index >= 15 is 0 Å². The van der Waals surface area contributed by atoms with Crippen molar-refractivity contribution >= 4 is 34.5 Å². The van der Waals surface area contributed by atoms with E-state index in [0.717, 1.165) is 40.8 Å². The van der Waals surface area contributed by atoms with Gasteiger partial charge in [-0.2, -0.15) is 0 Å². The largest absolute Gasteiger partial charge is 0.376 e. The van der Waals surface area contributed by atoms with Gasteiger partial charge in [0, 0.05) is 53.8 Å². The summed E-state index contributed by atoms with van der Waals surface area (Å²) in [4.78, 5) is 25.9. The predicted molar refractivity (Wildman–Crippen MR) is 133 cm³/mol. The Morgan fingerprint density at radius 2 is 1.97 bits per heavy atom. The Kier molecular flexibility index (Phi) is 7.73. The molecule has 3 aromatic rings. The molecule has 0 saturated carbocycles. The van der Waals surface area contributed by atoms with E-state index < -0.39 is 0 Å². The normalized spacial score (nSPS) is 15.6. The smallest absolute Gasteiger partial charge is 0.251 e. The van der Waals surface area contributed by atoms with E-state index in [9.17, 15) is 9.59 Å². The molecule has 2 aromatic carbocycles. The molecule has 6 nitrogen and oxygen atoms in total. The van der Waals surface area contributed by atoms with E-state index in [-0.39, 0.29) is 17.9 Å². The van der Waals surface area contributed by atoms with Crippen molar-refractivity contribution in [1.82, 2.24) is 15.2 Å². The molecule has 174 valence electrons. The molecule has 1 aromatic heterocycles. The van der Waals surface area contributed by atoms with E-state index in [1.165, 1.54) is 17.3 Å². The number of carbonyl (C=O) groups excluding carboxylic acids is 2. The number of fused-ring (bicyclic) bond motifs is 1. The van der Waals surface area contributed by atoms with Gasteiger partial charge in [0.05, 0.1) is 11.9 Å². The average molecular weight is 466 g/mol. The van der Waals surface area contributed by atoms with Gasteiger partial charge >= 0.3 is 0 Å². The van der Waals surface area contributed by atoms with Crippen LogP contribution in [0.4, 0.5) is 0 Å². The fraction of sp³-hybridized carbons (Fsp3) is 0.385. The lowest BCUT2D eigenvalue weighted by molar-refractivity contribution is -0.119. The molecule has 1 fully saturated rings. The average Bonchev–Trinajstić information content (AvgIpc) is 3.46. The summed E-state index contributed by atoms with van der Waals surface area (Å²) in [6, 6.07) is 13.9. The van der Waals surface area contributed by atoms with Crippen molar-refractivity contribution < 1.29 is 14.3 Å². The minimum Gasteiger partial charge on any atom is -0.376 e. The standard InChI is InChI=1S/C26H31N3O3S/c1-18-9-10-20(14-19(18)2)26(31)27-11-12-29-16-24(22-7-3-4-8-23(22)29)33-17-25(30)28-15-21-6-5-13-32-21/h3-4,7-10,14,16,21H,5-6,11-13,15,17H2,1-2H3,(H,27,31)(H,28,30)/t21-/m0/s1. The Morgan fingerprint density at radius 1 is 1.12 bits per heavy atom. The van der Waals surface area contributed by atoms with Crippen molar-refractivity contribution in [3.05, 3.63) is 65.4 Å². The molecular formula is C26H31N3O3S. The molecule has 0 aliphatic carbocycles. The third kappa shape index (κ3) is 5.97. The van der Waals surface area contributed by atoms with Crippen molar-refractivity contribution in [2.24, 2.45) is 0 Å². The van der Waals surface area contributed by atoms with Crippen LogP contribution in [0.15, 0.2) is 53.6 Å². The van der Waals surface area contributed by atoms with E-state index in [4.69, 9.17) is 4.74 Å². The highest BCUT2D eigenvalue weighted by Crippen LogP contribution is 2.29. The first-order valence-electron chi connectivity index (χ1n) is 11.5. The lowest BCUT2D eigenvalue weighted by Gasteiger charge is -2.10. The van der Waals surface area contributed by atoms with Gasteiger partial charge in [-0.15, -0.1) is 11.8 Å². The third-order valence-electron chi connectivity index (χ3n) is 6.07. The molecule has 0 unspecified atom stereocenters. The molecule has 1 saturated heterocycles. The number of para-hydroxylation sites is 1. The maximum Gasteiger partial charge on any atom is 0.251 e. The highest BCUT2D eigenvalue weighted by molar-refractivity contribution is 8.00. The first-order valence-corrected chi connectivity index (χ1v) is 12.4. The molecule has 4 rings (SSSR count).